The molecule has 2 aromatic carbocycles. The molecule has 7 nitrogen and oxygen atoms in total. The number of methoxy groups -OCH3 is 1. The Labute approximate surface area is 189 Å². The van der Waals surface area contributed by atoms with Crippen LogP contribution in [-0.2, 0) is 16.0 Å². The van der Waals surface area contributed by atoms with Crippen molar-refractivity contribution in [1.29, 1.82) is 0 Å². The van der Waals surface area contributed by atoms with E-state index in [1.165, 1.54) is 19.4 Å². The Morgan fingerprint density at radius 3 is 2.68 bits per heavy atom. The first-order valence-corrected chi connectivity index (χ1v) is 11.1. The van der Waals surface area contributed by atoms with E-state index < -0.39 is 17.2 Å². The Hall–Kier alpha value is -2.85. The average Bonchev–Trinajstić information content (AvgIpc) is 3.18. The molecule has 4 rings (SSSR count). The van der Waals surface area contributed by atoms with Crippen LogP contribution in [0.1, 0.15) is 10.4 Å². The lowest BCUT2D eigenvalue weighted by atomic mass is 10.2. The number of carbonyl (C=O) groups is 1. The molecule has 10 heteroatoms. The Balaban J connectivity index is 1.82. The molecule has 0 aliphatic carbocycles. The lowest BCUT2D eigenvalue weighted by Crippen LogP contribution is -2.19. The summed E-state index contributed by atoms with van der Waals surface area (Å²) in [5, 5.41) is 1.39. The van der Waals surface area contributed by atoms with Crippen LogP contribution in [0.5, 0.6) is 0 Å². The highest BCUT2D eigenvalue weighted by Gasteiger charge is 2.25. The molecule has 0 spiro atoms. The molecule has 0 amide bonds. The summed E-state index contributed by atoms with van der Waals surface area (Å²) in [5.41, 5.74) is 1.16. The second-order valence-corrected chi connectivity index (χ2v) is 8.51. The third-order valence-electron chi connectivity index (χ3n) is 4.29. The van der Waals surface area contributed by atoms with Gasteiger partial charge in [-0.1, -0.05) is 53.7 Å². The molecule has 1 unspecified atom stereocenters. The van der Waals surface area contributed by atoms with Crippen LogP contribution < -0.4 is 4.31 Å². The van der Waals surface area contributed by atoms with Gasteiger partial charge in [-0.3, -0.25) is 4.55 Å². The highest BCUT2D eigenvalue weighted by Crippen LogP contribution is 2.41. The van der Waals surface area contributed by atoms with Crippen molar-refractivity contribution in [3.8, 4) is 0 Å². The molecule has 0 radical (unpaired) electrons. The predicted molar refractivity (Wildman–Crippen MR) is 120 cm³/mol. The lowest BCUT2D eigenvalue weighted by molar-refractivity contribution is 0.0597. The Bertz CT molecular complexity index is 1260. The van der Waals surface area contributed by atoms with Gasteiger partial charge >= 0.3 is 5.97 Å². The number of hydrogen-bond acceptors (Lipinski definition) is 6. The first-order chi connectivity index (χ1) is 15.0. The Morgan fingerprint density at radius 1 is 1.19 bits per heavy atom. The molecule has 4 aromatic rings. The number of rotatable bonds is 6. The summed E-state index contributed by atoms with van der Waals surface area (Å²) in [6.07, 6.45) is 1.42. The number of fused-ring (bicyclic) bond motifs is 1. The second kappa shape index (κ2) is 9.11. The molecule has 0 saturated heterocycles. The number of anilines is 2. The van der Waals surface area contributed by atoms with Crippen molar-refractivity contribution < 1.29 is 22.7 Å². The standard InChI is InChI=1S/C21H15ClN2O5S2/c1-28-21(25)15-7-3-5-9-18(15)30-20-16(11-14(22)12-23-20)24(31(26)27)19-10-13-6-2-4-8-17(13)29-19/h2-12H,1H3,(H,26,27). The molecule has 0 aliphatic rings. The fourth-order valence-electron chi connectivity index (χ4n) is 2.93. The van der Waals surface area contributed by atoms with Gasteiger partial charge < -0.3 is 9.15 Å². The fraction of sp³-hybridized carbons (Fsp3) is 0.0476. The number of halogens is 1. The predicted octanol–water partition coefficient (Wildman–Crippen LogP) is 5.69. The number of furan rings is 1. The zero-order chi connectivity index (χ0) is 22.0. The molecular weight excluding hydrogens is 460 g/mol. The van der Waals surface area contributed by atoms with Crippen molar-refractivity contribution in [2.45, 2.75) is 9.92 Å². The summed E-state index contributed by atoms with van der Waals surface area (Å²) in [7, 11) is 1.30. The van der Waals surface area contributed by atoms with Crippen LogP contribution in [0, 0.1) is 0 Å². The van der Waals surface area contributed by atoms with Gasteiger partial charge in [-0.15, -0.1) is 0 Å². The topological polar surface area (TPSA) is 92.9 Å². The smallest absolute Gasteiger partial charge is 0.339 e. The first kappa shape index (κ1) is 21.4. The van der Waals surface area contributed by atoms with Crippen molar-refractivity contribution in [3.05, 3.63) is 77.4 Å². The molecule has 0 bridgehead atoms. The Kier molecular flexibility index (Phi) is 6.28. The molecule has 1 N–H and O–H groups in total. The van der Waals surface area contributed by atoms with Crippen LogP contribution in [0.25, 0.3) is 11.0 Å². The van der Waals surface area contributed by atoms with Crippen LogP contribution in [-0.4, -0.2) is 26.8 Å². The van der Waals surface area contributed by atoms with E-state index in [1.54, 1.807) is 36.4 Å². The Morgan fingerprint density at radius 2 is 1.94 bits per heavy atom. The maximum atomic E-state index is 12.3. The monoisotopic (exact) mass is 474 g/mol. The van der Waals surface area contributed by atoms with Gasteiger partial charge in [-0.25, -0.2) is 18.3 Å². The number of esters is 1. The van der Waals surface area contributed by atoms with Crippen molar-refractivity contribution in [3.63, 3.8) is 0 Å². The van der Waals surface area contributed by atoms with Crippen LogP contribution in [0.4, 0.5) is 11.6 Å². The quantitative estimate of drug-likeness (QED) is 0.283. The number of pyridine rings is 1. The minimum atomic E-state index is -2.49. The van der Waals surface area contributed by atoms with Crippen molar-refractivity contribution in [2.24, 2.45) is 0 Å². The molecule has 1 atom stereocenters. The number of carbonyl (C=O) groups excluding carboxylic acids is 1. The molecule has 0 fully saturated rings. The van der Waals surface area contributed by atoms with Crippen LogP contribution in [0.15, 0.2) is 81.2 Å². The maximum absolute atomic E-state index is 12.3. The third-order valence-corrected chi connectivity index (χ3v) is 6.27. The molecule has 0 saturated carbocycles. The summed E-state index contributed by atoms with van der Waals surface area (Å²) in [6, 6.07) is 17.3. The van der Waals surface area contributed by atoms with Gasteiger partial charge in [0, 0.05) is 22.5 Å². The SMILES string of the molecule is COC(=O)c1ccccc1Sc1ncc(Cl)cc1N(c1cc2ccccc2o1)S(=O)O. The van der Waals surface area contributed by atoms with Crippen LogP contribution >= 0.6 is 23.4 Å². The number of benzene rings is 2. The van der Waals surface area contributed by atoms with E-state index in [2.05, 4.69) is 4.98 Å². The molecule has 2 aromatic heterocycles. The van der Waals surface area contributed by atoms with E-state index in [4.69, 9.17) is 20.8 Å². The molecule has 2 heterocycles. The normalized spacial score (nSPS) is 12.0. The number of aromatic nitrogens is 1. The maximum Gasteiger partial charge on any atom is 0.339 e. The second-order valence-electron chi connectivity index (χ2n) is 6.22. The summed E-state index contributed by atoms with van der Waals surface area (Å²) < 4.78 is 34.1. The van der Waals surface area contributed by atoms with Gasteiger partial charge in [0.2, 0.25) is 5.88 Å². The van der Waals surface area contributed by atoms with E-state index in [0.717, 1.165) is 21.5 Å². The van der Waals surface area contributed by atoms with Crippen molar-refractivity contribution >= 4 is 63.1 Å². The number of nitrogens with zero attached hydrogens (tertiary/aromatic N) is 2. The fourth-order valence-corrected chi connectivity index (χ4v) is 4.66. The van der Waals surface area contributed by atoms with Gasteiger partial charge in [0.05, 0.1) is 23.4 Å². The molecule has 0 aliphatic heterocycles. The van der Waals surface area contributed by atoms with E-state index in [1.807, 2.05) is 18.2 Å². The summed E-state index contributed by atoms with van der Waals surface area (Å²) in [4.78, 5) is 17.0. The van der Waals surface area contributed by atoms with Gasteiger partial charge in [-0.05, 0) is 24.3 Å². The first-order valence-electron chi connectivity index (χ1n) is 8.88. The minimum absolute atomic E-state index is 0.147. The lowest BCUT2D eigenvalue weighted by Gasteiger charge is -2.20. The average molecular weight is 475 g/mol. The number of ether oxygens (including phenoxy) is 1. The van der Waals surface area contributed by atoms with E-state index in [0.29, 0.717) is 21.1 Å². The highest BCUT2D eigenvalue weighted by molar-refractivity contribution is 7.99. The largest absolute Gasteiger partial charge is 0.465 e. The molecular formula is C21H15ClN2O5S2. The van der Waals surface area contributed by atoms with Crippen molar-refractivity contribution in [1.82, 2.24) is 4.98 Å². The van der Waals surface area contributed by atoms with Gasteiger partial charge in [0.15, 0.2) is 0 Å². The summed E-state index contributed by atoms with van der Waals surface area (Å²) >= 11 is 4.81. The van der Waals surface area contributed by atoms with Gasteiger partial charge in [0.25, 0.3) is 11.3 Å². The van der Waals surface area contributed by atoms with E-state index in [9.17, 15) is 13.6 Å². The summed E-state index contributed by atoms with van der Waals surface area (Å²) in [5.74, 6) is -0.354. The van der Waals surface area contributed by atoms with Gasteiger partial charge in [0.1, 0.15) is 10.6 Å². The van der Waals surface area contributed by atoms with Gasteiger partial charge in [-0.2, -0.15) is 0 Å². The summed E-state index contributed by atoms with van der Waals surface area (Å²) in [6.45, 7) is 0. The number of hydrogen-bond donors (Lipinski definition) is 1. The van der Waals surface area contributed by atoms with Crippen LogP contribution in [0.3, 0.4) is 0 Å². The molecule has 158 valence electrons. The van der Waals surface area contributed by atoms with E-state index >= 15 is 0 Å². The minimum Gasteiger partial charge on any atom is -0.465 e. The van der Waals surface area contributed by atoms with Crippen molar-refractivity contribution in [2.75, 3.05) is 11.4 Å². The molecule has 31 heavy (non-hydrogen) atoms. The zero-order valence-electron chi connectivity index (χ0n) is 16.0. The zero-order valence-corrected chi connectivity index (χ0v) is 18.4. The highest BCUT2D eigenvalue weighted by atomic mass is 35.5. The van der Waals surface area contributed by atoms with Crippen LogP contribution in [0.2, 0.25) is 5.02 Å². The third kappa shape index (κ3) is 4.45. The van der Waals surface area contributed by atoms with E-state index in [-0.39, 0.29) is 16.6 Å². The number of para-hydroxylation sites is 1.